The number of hydrogen-bond donors (Lipinski definition) is 0. The lowest BCUT2D eigenvalue weighted by Gasteiger charge is -2.34. The summed E-state index contributed by atoms with van der Waals surface area (Å²) in [5, 5.41) is 3.90. The lowest BCUT2D eigenvalue weighted by Crippen LogP contribution is -2.44. The Balaban J connectivity index is 1.49. The zero-order valence-electron chi connectivity index (χ0n) is 17.4. The van der Waals surface area contributed by atoms with Crippen LogP contribution in [0.5, 0.6) is 5.75 Å². The molecule has 7 heteroatoms. The van der Waals surface area contributed by atoms with Gasteiger partial charge in [0.1, 0.15) is 18.1 Å². The highest BCUT2D eigenvalue weighted by atomic mass is 16.5. The van der Waals surface area contributed by atoms with Crippen molar-refractivity contribution in [2.45, 2.75) is 40.7 Å². The van der Waals surface area contributed by atoms with Crippen molar-refractivity contribution in [3.05, 3.63) is 46.8 Å². The highest BCUT2D eigenvalue weighted by molar-refractivity contribution is 5.91. The number of likely N-dealkylation sites (tertiary alicyclic amines) is 1. The van der Waals surface area contributed by atoms with E-state index in [1.165, 1.54) is 0 Å². The van der Waals surface area contributed by atoms with E-state index in [0.29, 0.717) is 29.8 Å². The molecule has 1 fully saturated rings. The normalized spacial score (nSPS) is 19.1. The van der Waals surface area contributed by atoms with Crippen LogP contribution in [0.3, 0.4) is 0 Å². The average molecular weight is 400 g/mol. The number of aromatic nitrogens is 1. The molecule has 7 nitrogen and oxygen atoms in total. The summed E-state index contributed by atoms with van der Waals surface area (Å²) in [5.74, 6) is 1.62. The molecule has 1 aliphatic heterocycles. The maximum absolute atomic E-state index is 12.3. The summed E-state index contributed by atoms with van der Waals surface area (Å²) >= 11 is 0. The van der Waals surface area contributed by atoms with E-state index in [-0.39, 0.29) is 12.5 Å². The quantitative estimate of drug-likeness (QED) is 0.690. The Hall–Kier alpha value is -2.83. The molecule has 1 saturated heterocycles. The summed E-state index contributed by atoms with van der Waals surface area (Å²) in [6.45, 7) is 9.52. The number of amides is 1. The monoisotopic (exact) mass is 400 g/mol. The minimum atomic E-state index is -0.520. The van der Waals surface area contributed by atoms with Gasteiger partial charge in [0.2, 0.25) is 0 Å². The molecule has 1 aliphatic rings. The van der Waals surface area contributed by atoms with Gasteiger partial charge in [-0.05, 0) is 56.4 Å². The second kappa shape index (κ2) is 9.11. The number of piperidine rings is 1. The van der Waals surface area contributed by atoms with Gasteiger partial charge in [-0.3, -0.25) is 4.79 Å². The van der Waals surface area contributed by atoms with E-state index in [4.69, 9.17) is 14.0 Å². The number of carbonyl (C=O) groups is 2. The molecule has 1 aromatic carbocycles. The van der Waals surface area contributed by atoms with E-state index in [1.807, 2.05) is 13.8 Å². The molecular formula is C22H28N2O5. The molecule has 3 rings (SSSR count). The molecule has 0 spiro atoms. The van der Waals surface area contributed by atoms with Gasteiger partial charge in [-0.25, -0.2) is 4.79 Å². The molecule has 1 aromatic heterocycles. The SMILES string of the molecule is Cc1noc(C)c1COc1ccc(C(=O)OCC(=O)N2C[C@@H](C)C[C@H](C)C2)cc1. The molecule has 0 bridgehead atoms. The predicted molar refractivity (Wildman–Crippen MR) is 107 cm³/mol. The maximum Gasteiger partial charge on any atom is 0.338 e. The van der Waals surface area contributed by atoms with Crippen LogP contribution in [-0.4, -0.2) is 41.6 Å². The summed E-state index contributed by atoms with van der Waals surface area (Å²) in [6.07, 6.45) is 1.12. The minimum Gasteiger partial charge on any atom is -0.489 e. The van der Waals surface area contributed by atoms with Crippen molar-refractivity contribution in [1.29, 1.82) is 0 Å². The van der Waals surface area contributed by atoms with Gasteiger partial charge in [-0.2, -0.15) is 0 Å². The molecular weight excluding hydrogens is 372 g/mol. The summed E-state index contributed by atoms with van der Waals surface area (Å²) in [4.78, 5) is 26.4. The van der Waals surface area contributed by atoms with Gasteiger partial charge in [-0.15, -0.1) is 0 Å². The third-order valence-corrected chi connectivity index (χ3v) is 5.20. The van der Waals surface area contributed by atoms with E-state index >= 15 is 0 Å². The molecule has 0 saturated carbocycles. The number of esters is 1. The fourth-order valence-electron chi connectivity index (χ4n) is 3.72. The fourth-order valence-corrected chi connectivity index (χ4v) is 3.72. The lowest BCUT2D eigenvalue weighted by atomic mass is 9.92. The van der Waals surface area contributed by atoms with Crippen LogP contribution in [0.15, 0.2) is 28.8 Å². The first-order valence-electron chi connectivity index (χ1n) is 9.93. The number of benzene rings is 1. The number of ether oxygens (including phenoxy) is 2. The third kappa shape index (κ3) is 5.37. The Bertz CT molecular complexity index is 829. The molecule has 0 radical (unpaired) electrons. The van der Waals surface area contributed by atoms with Crippen LogP contribution >= 0.6 is 0 Å². The van der Waals surface area contributed by atoms with Gasteiger partial charge in [-0.1, -0.05) is 19.0 Å². The zero-order chi connectivity index (χ0) is 21.0. The Morgan fingerprint density at radius 2 is 1.79 bits per heavy atom. The van der Waals surface area contributed by atoms with Crippen LogP contribution in [0.2, 0.25) is 0 Å². The van der Waals surface area contributed by atoms with Gasteiger partial charge in [0.25, 0.3) is 5.91 Å². The zero-order valence-corrected chi connectivity index (χ0v) is 17.4. The highest BCUT2D eigenvalue weighted by Gasteiger charge is 2.26. The average Bonchev–Trinajstić information content (AvgIpc) is 3.01. The predicted octanol–water partition coefficient (Wildman–Crippen LogP) is 3.53. The topological polar surface area (TPSA) is 81.9 Å². The van der Waals surface area contributed by atoms with Gasteiger partial charge >= 0.3 is 5.97 Å². The molecule has 1 amide bonds. The molecule has 2 heterocycles. The first-order valence-corrected chi connectivity index (χ1v) is 9.93. The van der Waals surface area contributed by atoms with Crippen molar-refractivity contribution in [3.63, 3.8) is 0 Å². The van der Waals surface area contributed by atoms with Crippen LogP contribution in [-0.2, 0) is 16.1 Å². The van der Waals surface area contributed by atoms with E-state index in [0.717, 1.165) is 36.5 Å². The Kier molecular flexibility index (Phi) is 6.56. The van der Waals surface area contributed by atoms with Crippen molar-refractivity contribution in [2.24, 2.45) is 11.8 Å². The Morgan fingerprint density at radius 1 is 1.14 bits per heavy atom. The molecule has 29 heavy (non-hydrogen) atoms. The van der Waals surface area contributed by atoms with Gasteiger partial charge in [0.05, 0.1) is 16.8 Å². The highest BCUT2D eigenvalue weighted by Crippen LogP contribution is 2.21. The fraction of sp³-hybridized carbons (Fsp3) is 0.500. The van der Waals surface area contributed by atoms with E-state index in [2.05, 4.69) is 19.0 Å². The number of carbonyl (C=O) groups excluding carboxylic acids is 2. The van der Waals surface area contributed by atoms with Crippen LogP contribution in [0.4, 0.5) is 0 Å². The summed E-state index contributed by atoms with van der Waals surface area (Å²) in [7, 11) is 0. The molecule has 2 aromatic rings. The van der Waals surface area contributed by atoms with Crippen LogP contribution < -0.4 is 4.74 Å². The molecule has 0 unspecified atom stereocenters. The minimum absolute atomic E-state index is 0.142. The van der Waals surface area contributed by atoms with Crippen LogP contribution in [0.25, 0.3) is 0 Å². The van der Waals surface area contributed by atoms with Crippen molar-refractivity contribution in [2.75, 3.05) is 19.7 Å². The largest absolute Gasteiger partial charge is 0.489 e. The van der Waals surface area contributed by atoms with Crippen LogP contribution in [0, 0.1) is 25.7 Å². The third-order valence-electron chi connectivity index (χ3n) is 5.20. The number of nitrogens with zero attached hydrogens (tertiary/aromatic N) is 2. The van der Waals surface area contributed by atoms with Gasteiger partial charge in [0, 0.05) is 13.1 Å². The van der Waals surface area contributed by atoms with Crippen molar-refractivity contribution in [3.8, 4) is 5.75 Å². The number of hydrogen-bond acceptors (Lipinski definition) is 6. The van der Waals surface area contributed by atoms with Crippen molar-refractivity contribution < 1.29 is 23.6 Å². The molecule has 0 aliphatic carbocycles. The van der Waals surface area contributed by atoms with Crippen molar-refractivity contribution >= 4 is 11.9 Å². The summed E-state index contributed by atoms with van der Waals surface area (Å²) < 4.78 is 16.1. The standard InChI is InChI=1S/C22H28N2O5/c1-14-9-15(2)11-24(10-14)21(25)13-28-22(26)18-5-7-19(8-6-18)27-12-20-16(3)23-29-17(20)4/h5-8,14-15H,9-13H2,1-4H3/t14-,15-/m0/s1. The van der Waals surface area contributed by atoms with Crippen molar-refractivity contribution in [1.82, 2.24) is 10.1 Å². The lowest BCUT2D eigenvalue weighted by molar-refractivity contribution is -0.137. The summed E-state index contributed by atoms with van der Waals surface area (Å²) in [6, 6.07) is 6.65. The van der Waals surface area contributed by atoms with E-state index in [1.54, 1.807) is 29.2 Å². The van der Waals surface area contributed by atoms with Gasteiger partial charge in [0.15, 0.2) is 6.61 Å². The molecule has 2 atom stereocenters. The smallest absolute Gasteiger partial charge is 0.338 e. The van der Waals surface area contributed by atoms with E-state index in [9.17, 15) is 9.59 Å². The second-order valence-electron chi connectivity index (χ2n) is 7.94. The molecule has 156 valence electrons. The first-order chi connectivity index (χ1) is 13.8. The Morgan fingerprint density at radius 3 is 2.38 bits per heavy atom. The number of rotatable bonds is 6. The first kappa shape index (κ1) is 20.9. The second-order valence-corrected chi connectivity index (χ2v) is 7.94. The number of aryl methyl sites for hydroxylation is 2. The van der Waals surface area contributed by atoms with Gasteiger partial charge < -0.3 is 18.9 Å². The summed E-state index contributed by atoms with van der Waals surface area (Å²) in [5.41, 5.74) is 2.08. The molecule has 0 N–H and O–H groups in total. The Labute approximate surface area is 171 Å². The van der Waals surface area contributed by atoms with E-state index < -0.39 is 5.97 Å². The maximum atomic E-state index is 12.3. The van der Waals surface area contributed by atoms with Crippen LogP contribution in [0.1, 0.15) is 47.6 Å².